The second kappa shape index (κ2) is 4.90. The zero-order valence-corrected chi connectivity index (χ0v) is 9.81. The summed E-state index contributed by atoms with van der Waals surface area (Å²) in [6.07, 6.45) is 3.46. The number of phenolic OH excluding ortho intramolecular Hbond substituents is 1. The summed E-state index contributed by atoms with van der Waals surface area (Å²) in [4.78, 5) is 1.27. The van der Waals surface area contributed by atoms with E-state index < -0.39 is 0 Å². The van der Waals surface area contributed by atoms with Gasteiger partial charge >= 0.3 is 0 Å². The first-order chi connectivity index (χ1) is 7.31. The highest BCUT2D eigenvalue weighted by molar-refractivity contribution is 8.00. The van der Waals surface area contributed by atoms with Crippen molar-refractivity contribution in [3.63, 3.8) is 0 Å². The number of phenols is 1. The molecular weight excluding hydrogens is 206 g/mol. The summed E-state index contributed by atoms with van der Waals surface area (Å²) in [5, 5.41) is 13.5. The van der Waals surface area contributed by atoms with E-state index >= 15 is 0 Å². The predicted octanol–water partition coefficient (Wildman–Crippen LogP) is 2.41. The largest absolute Gasteiger partial charge is 0.508 e. The minimum atomic E-state index is 0.469. The molecule has 2 rings (SSSR count). The highest BCUT2D eigenvalue weighted by Gasteiger charge is 2.23. The van der Waals surface area contributed by atoms with E-state index in [1.165, 1.54) is 17.7 Å². The van der Waals surface area contributed by atoms with Gasteiger partial charge in [-0.1, -0.05) is 6.07 Å². The number of benzene rings is 1. The van der Waals surface area contributed by atoms with Crippen molar-refractivity contribution >= 4 is 11.8 Å². The standard InChI is InChI=1S/C12H17NOS/c1-13-7-3-4-9-8-10-11(14)5-2-6-12(10)15-9/h2,5-6,9,13-14H,3-4,7-8H2,1H3. The molecule has 0 fully saturated rings. The summed E-state index contributed by atoms with van der Waals surface area (Å²) in [6.45, 7) is 1.08. The normalized spacial score (nSPS) is 19.1. The molecule has 0 spiro atoms. The highest BCUT2D eigenvalue weighted by atomic mass is 32.2. The Labute approximate surface area is 95.1 Å². The molecule has 1 aliphatic rings. The molecule has 3 heteroatoms. The van der Waals surface area contributed by atoms with Gasteiger partial charge in [0.2, 0.25) is 0 Å². The fourth-order valence-corrected chi connectivity index (χ4v) is 3.37. The third kappa shape index (κ3) is 2.47. The van der Waals surface area contributed by atoms with Crippen LogP contribution in [0.4, 0.5) is 0 Å². The van der Waals surface area contributed by atoms with Crippen LogP contribution in [0.5, 0.6) is 5.75 Å². The average Bonchev–Trinajstić information content (AvgIpc) is 2.63. The van der Waals surface area contributed by atoms with Gasteiger partial charge in [0.25, 0.3) is 0 Å². The summed E-state index contributed by atoms with van der Waals surface area (Å²) < 4.78 is 0. The van der Waals surface area contributed by atoms with Crippen molar-refractivity contribution in [1.82, 2.24) is 5.32 Å². The molecule has 82 valence electrons. The predicted molar refractivity (Wildman–Crippen MR) is 64.6 cm³/mol. The third-order valence-electron chi connectivity index (χ3n) is 2.79. The van der Waals surface area contributed by atoms with Crippen molar-refractivity contribution in [2.24, 2.45) is 0 Å². The van der Waals surface area contributed by atoms with Gasteiger partial charge < -0.3 is 10.4 Å². The van der Waals surface area contributed by atoms with Gasteiger partial charge in [-0.15, -0.1) is 11.8 Å². The Morgan fingerprint density at radius 1 is 1.53 bits per heavy atom. The highest BCUT2D eigenvalue weighted by Crippen LogP contribution is 2.42. The smallest absolute Gasteiger partial charge is 0.119 e. The van der Waals surface area contributed by atoms with E-state index in [1.807, 2.05) is 24.9 Å². The minimum absolute atomic E-state index is 0.469. The molecule has 2 nitrogen and oxygen atoms in total. The fraction of sp³-hybridized carbons (Fsp3) is 0.500. The Bertz CT molecular complexity index is 340. The van der Waals surface area contributed by atoms with Crippen LogP contribution in [0.25, 0.3) is 0 Å². The molecule has 1 aromatic carbocycles. The van der Waals surface area contributed by atoms with Gasteiger partial charge in [0, 0.05) is 15.7 Å². The zero-order chi connectivity index (χ0) is 10.7. The van der Waals surface area contributed by atoms with E-state index in [9.17, 15) is 5.11 Å². The number of nitrogens with one attached hydrogen (secondary N) is 1. The van der Waals surface area contributed by atoms with Crippen molar-refractivity contribution in [3.05, 3.63) is 23.8 Å². The van der Waals surface area contributed by atoms with Crippen molar-refractivity contribution in [3.8, 4) is 5.75 Å². The van der Waals surface area contributed by atoms with Gasteiger partial charge in [0.15, 0.2) is 0 Å². The molecule has 1 atom stereocenters. The first-order valence-electron chi connectivity index (χ1n) is 5.43. The monoisotopic (exact) mass is 223 g/mol. The summed E-state index contributed by atoms with van der Waals surface area (Å²) in [5.74, 6) is 0.469. The Balaban J connectivity index is 1.94. The lowest BCUT2D eigenvalue weighted by Crippen LogP contribution is -2.10. The molecule has 1 aliphatic heterocycles. The van der Waals surface area contributed by atoms with Crippen molar-refractivity contribution < 1.29 is 5.11 Å². The molecule has 1 aromatic rings. The molecule has 1 unspecified atom stereocenters. The van der Waals surface area contributed by atoms with E-state index in [1.54, 1.807) is 6.07 Å². The number of thioether (sulfide) groups is 1. The molecule has 0 aliphatic carbocycles. The Morgan fingerprint density at radius 2 is 2.40 bits per heavy atom. The Hall–Kier alpha value is -0.670. The number of aromatic hydroxyl groups is 1. The van der Waals surface area contributed by atoms with Crippen LogP contribution in [-0.4, -0.2) is 23.9 Å². The van der Waals surface area contributed by atoms with Crippen LogP contribution in [0, 0.1) is 0 Å². The molecule has 0 amide bonds. The maximum atomic E-state index is 9.70. The SMILES string of the molecule is CNCCCC1Cc2c(O)cccc2S1. The molecule has 0 bridgehead atoms. The van der Waals surface area contributed by atoms with Crippen LogP contribution in [-0.2, 0) is 6.42 Å². The number of hydrogen-bond donors (Lipinski definition) is 2. The summed E-state index contributed by atoms with van der Waals surface area (Å²) >= 11 is 1.91. The van der Waals surface area contributed by atoms with Gasteiger partial charge in [-0.25, -0.2) is 0 Å². The molecule has 15 heavy (non-hydrogen) atoms. The van der Waals surface area contributed by atoms with E-state index in [0.717, 1.165) is 18.5 Å². The van der Waals surface area contributed by atoms with E-state index in [4.69, 9.17) is 0 Å². The van der Waals surface area contributed by atoms with Crippen molar-refractivity contribution in [2.75, 3.05) is 13.6 Å². The first-order valence-corrected chi connectivity index (χ1v) is 6.31. The summed E-state index contributed by atoms with van der Waals surface area (Å²) in [5.41, 5.74) is 1.15. The molecule has 0 aromatic heterocycles. The summed E-state index contributed by atoms with van der Waals surface area (Å²) in [7, 11) is 1.99. The molecule has 1 heterocycles. The second-order valence-corrected chi connectivity index (χ2v) is 5.29. The quantitative estimate of drug-likeness (QED) is 0.769. The first kappa shape index (κ1) is 10.8. The van der Waals surface area contributed by atoms with Gasteiger partial charge in [-0.2, -0.15) is 0 Å². The molecule has 0 radical (unpaired) electrons. The van der Waals surface area contributed by atoms with E-state index in [2.05, 4.69) is 11.4 Å². The maximum absolute atomic E-state index is 9.70. The lowest BCUT2D eigenvalue weighted by molar-refractivity contribution is 0.465. The second-order valence-electron chi connectivity index (χ2n) is 3.94. The summed E-state index contributed by atoms with van der Waals surface area (Å²) in [6, 6.07) is 5.82. The van der Waals surface area contributed by atoms with Gasteiger partial charge in [0.05, 0.1) is 0 Å². The van der Waals surface area contributed by atoms with Crippen LogP contribution < -0.4 is 5.32 Å². The number of fused-ring (bicyclic) bond motifs is 1. The van der Waals surface area contributed by atoms with E-state index in [0.29, 0.717) is 11.0 Å². The van der Waals surface area contributed by atoms with Gasteiger partial charge in [-0.3, -0.25) is 0 Å². The van der Waals surface area contributed by atoms with Crippen LogP contribution >= 0.6 is 11.8 Å². The minimum Gasteiger partial charge on any atom is -0.508 e. The average molecular weight is 223 g/mol. The van der Waals surface area contributed by atoms with Crippen LogP contribution in [0.15, 0.2) is 23.1 Å². The fourth-order valence-electron chi connectivity index (χ4n) is 1.99. The lowest BCUT2D eigenvalue weighted by Gasteiger charge is -2.06. The van der Waals surface area contributed by atoms with Crippen LogP contribution in [0.3, 0.4) is 0 Å². The Kier molecular flexibility index (Phi) is 3.54. The molecule has 0 saturated carbocycles. The van der Waals surface area contributed by atoms with Gasteiger partial charge in [-0.05, 0) is 45.0 Å². The van der Waals surface area contributed by atoms with Crippen LogP contribution in [0.1, 0.15) is 18.4 Å². The van der Waals surface area contributed by atoms with Gasteiger partial charge in [0.1, 0.15) is 5.75 Å². The number of hydrogen-bond acceptors (Lipinski definition) is 3. The van der Waals surface area contributed by atoms with Crippen molar-refractivity contribution in [1.29, 1.82) is 0 Å². The Morgan fingerprint density at radius 3 is 3.13 bits per heavy atom. The van der Waals surface area contributed by atoms with Crippen molar-refractivity contribution in [2.45, 2.75) is 29.4 Å². The maximum Gasteiger partial charge on any atom is 0.119 e. The van der Waals surface area contributed by atoms with Crippen LogP contribution in [0.2, 0.25) is 0 Å². The number of rotatable bonds is 4. The third-order valence-corrected chi connectivity index (χ3v) is 4.16. The van der Waals surface area contributed by atoms with E-state index in [-0.39, 0.29) is 0 Å². The zero-order valence-electron chi connectivity index (χ0n) is 8.99. The topological polar surface area (TPSA) is 32.3 Å². The molecule has 2 N–H and O–H groups in total. The molecule has 0 saturated heterocycles. The molecular formula is C12H17NOS. The lowest BCUT2D eigenvalue weighted by atomic mass is 10.1.